The molecule has 0 aliphatic heterocycles. The summed E-state index contributed by atoms with van der Waals surface area (Å²) >= 11 is 0. The molecular weight excluding hydrogens is 179 g/mol. The molecule has 2 N–H and O–H groups in total. The van der Waals surface area contributed by atoms with Gasteiger partial charge in [-0.05, 0) is 18.2 Å². The maximum absolute atomic E-state index is 13.1. The molecule has 1 aromatic carbocycles. The molecule has 0 aromatic heterocycles. The van der Waals surface area contributed by atoms with Crippen molar-refractivity contribution in [3.05, 3.63) is 35.1 Å². The number of hydrogen-bond donors (Lipinski definition) is 1. The van der Waals surface area contributed by atoms with E-state index >= 15 is 0 Å². The van der Waals surface area contributed by atoms with E-state index in [0.717, 1.165) is 0 Å². The van der Waals surface area contributed by atoms with E-state index in [2.05, 4.69) is 11.8 Å². The van der Waals surface area contributed by atoms with Crippen LogP contribution < -0.4 is 5.73 Å². The summed E-state index contributed by atoms with van der Waals surface area (Å²) in [5.41, 5.74) is 6.26. The molecule has 1 aromatic rings. The van der Waals surface area contributed by atoms with E-state index in [1.54, 1.807) is 12.1 Å². The second kappa shape index (κ2) is 5.01. The molecule has 0 aliphatic carbocycles. The van der Waals surface area contributed by atoms with Gasteiger partial charge in [0.15, 0.2) is 0 Å². The first-order valence-corrected chi connectivity index (χ1v) is 4.12. The lowest BCUT2D eigenvalue weighted by atomic mass is 10.1. The van der Waals surface area contributed by atoms with Gasteiger partial charge in [0.25, 0.3) is 0 Å². The zero-order valence-corrected chi connectivity index (χ0v) is 7.55. The molecule has 2 nitrogen and oxygen atoms in total. The Kier molecular flexibility index (Phi) is 3.67. The number of nitrogens with two attached hydrogens (primary N) is 1. The maximum atomic E-state index is 13.1. The maximum Gasteiger partial charge on any atom is 0.127 e. The van der Waals surface area contributed by atoms with Crippen molar-refractivity contribution < 1.29 is 4.39 Å². The number of halogens is 1. The zero-order valence-electron chi connectivity index (χ0n) is 7.55. The van der Waals surface area contributed by atoms with Crippen LogP contribution >= 0.6 is 0 Å². The van der Waals surface area contributed by atoms with E-state index < -0.39 is 0 Å². The van der Waals surface area contributed by atoms with Crippen molar-refractivity contribution in [2.75, 3.05) is 6.54 Å². The van der Waals surface area contributed by atoms with Gasteiger partial charge < -0.3 is 5.73 Å². The Morgan fingerprint density at radius 3 is 2.86 bits per heavy atom. The zero-order chi connectivity index (χ0) is 10.4. The highest BCUT2D eigenvalue weighted by Gasteiger charge is 2.01. The van der Waals surface area contributed by atoms with E-state index in [0.29, 0.717) is 11.1 Å². The number of benzene rings is 1. The van der Waals surface area contributed by atoms with Gasteiger partial charge in [-0.15, -0.1) is 0 Å². The van der Waals surface area contributed by atoms with Crippen molar-refractivity contribution in [2.24, 2.45) is 5.73 Å². The summed E-state index contributed by atoms with van der Waals surface area (Å²) in [5.74, 6) is 5.07. The summed E-state index contributed by atoms with van der Waals surface area (Å²) in [6.45, 7) is 0.269. The van der Waals surface area contributed by atoms with Crippen LogP contribution in [0.5, 0.6) is 0 Å². The SMILES string of the molecule is N#CCc1cc(C#CCN)ccc1F. The van der Waals surface area contributed by atoms with Gasteiger partial charge >= 0.3 is 0 Å². The predicted molar refractivity (Wildman–Crippen MR) is 51.6 cm³/mol. The quantitative estimate of drug-likeness (QED) is 0.673. The first-order valence-electron chi connectivity index (χ1n) is 4.12. The summed E-state index contributed by atoms with van der Waals surface area (Å²) in [6.07, 6.45) is 0.0595. The average Bonchev–Trinajstić information content (AvgIpc) is 2.19. The fraction of sp³-hybridized carbons (Fsp3) is 0.182. The molecule has 0 radical (unpaired) electrons. The number of hydrogen-bond acceptors (Lipinski definition) is 2. The van der Waals surface area contributed by atoms with Gasteiger partial charge in [-0.1, -0.05) is 11.8 Å². The van der Waals surface area contributed by atoms with Crippen molar-refractivity contribution >= 4 is 0 Å². The molecule has 1 rings (SSSR count). The lowest BCUT2D eigenvalue weighted by molar-refractivity contribution is 0.615. The molecule has 0 fully saturated rings. The predicted octanol–water partition coefficient (Wildman–Crippen LogP) is 1.20. The number of rotatable bonds is 1. The molecule has 0 heterocycles. The normalized spacial score (nSPS) is 8.64. The second-order valence-electron chi connectivity index (χ2n) is 2.65. The first kappa shape index (κ1) is 10.2. The Labute approximate surface area is 82.2 Å². The van der Waals surface area contributed by atoms with E-state index in [1.807, 2.05) is 6.07 Å². The van der Waals surface area contributed by atoms with E-state index in [4.69, 9.17) is 11.0 Å². The van der Waals surface area contributed by atoms with Crippen LogP contribution in [-0.4, -0.2) is 6.54 Å². The highest BCUT2D eigenvalue weighted by Crippen LogP contribution is 2.10. The molecule has 0 saturated carbocycles. The standard InChI is InChI=1S/C11H9FN2/c12-11-4-3-9(2-1-6-13)8-10(11)5-7-14/h3-4,8H,5-6,13H2. The van der Waals surface area contributed by atoms with Crippen molar-refractivity contribution in [3.8, 4) is 17.9 Å². The Balaban J connectivity index is 3.01. The lowest BCUT2D eigenvalue weighted by Crippen LogP contribution is -1.94. The van der Waals surface area contributed by atoms with Gasteiger partial charge in [0.1, 0.15) is 5.82 Å². The monoisotopic (exact) mass is 188 g/mol. The first-order chi connectivity index (χ1) is 6.77. The van der Waals surface area contributed by atoms with Crippen molar-refractivity contribution in [3.63, 3.8) is 0 Å². The van der Waals surface area contributed by atoms with Gasteiger partial charge in [0.05, 0.1) is 19.0 Å². The molecule has 14 heavy (non-hydrogen) atoms. The molecule has 0 bridgehead atoms. The Morgan fingerprint density at radius 2 is 2.21 bits per heavy atom. The van der Waals surface area contributed by atoms with E-state index in [9.17, 15) is 4.39 Å². The Morgan fingerprint density at radius 1 is 1.43 bits per heavy atom. The highest BCUT2D eigenvalue weighted by molar-refractivity contribution is 5.38. The van der Waals surface area contributed by atoms with Gasteiger partial charge in [-0.3, -0.25) is 0 Å². The fourth-order valence-electron chi connectivity index (χ4n) is 1.03. The second-order valence-corrected chi connectivity index (χ2v) is 2.65. The molecule has 0 amide bonds. The molecule has 0 saturated heterocycles. The number of nitrogens with zero attached hydrogens (tertiary/aromatic N) is 1. The van der Waals surface area contributed by atoms with Crippen LogP contribution in [0, 0.1) is 29.0 Å². The molecule has 0 spiro atoms. The fourth-order valence-corrected chi connectivity index (χ4v) is 1.03. The van der Waals surface area contributed by atoms with Crippen LogP contribution in [0.4, 0.5) is 4.39 Å². The molecular formula is C11H9FN2. The van der Waals surface area contributed by atoms with Gasteiger partial charge in [-0.2, -0.15) is 5.26 Å². The lowest BCUT2D eigenvalue weighted by Gasteiger charge is -1.97. The van der Waals surface area contributed by atoms with Crippen LogP contribution in [0.2, 0.25) is 0 Å². The minimum absolute atomic E-state index is 0.0595. The van der Waals surface area contributed by atoms with Gasteiger partial charge in [0, 0.05) is 11.1 Å². The topological polar surface area (TPSA) is 49.8 Å². The summed E-state index contributed by atoms with van der Waals surface area (Å²) in [4.78, 5) is 0. The van der Waals surface area contributed by atoms with Crippen LogP contribution in [0.15, 0.2) is 18.2 Å². The Hall–Kier alpha value is -1.84. The van der Waals surface area contributed by atoms with Crippen molar-refractivity contribution in [1.82, 2.24) is 0 Å². The summed E-state index contributed by atoms with van der Waals surface area (Å²) in [6, 6.07) is 6.35. The Bertz CT molecular complexity index is 421. The minimum Gasteiger partial charge on any atom is -0.320 e. The van der Waals surface area contributed by atoms with E-state index in [-0.39, 0.29) is 18.8 Å². The molecule has 3 heteroatoms. The van der Waals surface area contributed by atoms with Crippen molar-refractivity contribution in [1.29, 1.82) is 5.26 Å². The highest BCUT2D eigenvalue weighted by atomic mass is 19.1. The molecule has 0 atom stereocenters. The molecule has 0 unspecified atom stereocenters. The smallest absolute Gasteiger partial charge is 0.127 e. The summed E-state index contributed by atoms with van der Waals surface area (Å²) in [5, 5.41) is 8.44. The van der Waals surface area contributed by atoms with Crippen LogP contribution in [0.1, 0.15) is 11.1 Å². The van der Waals surface area contributed by atoms with Gasteiger partial charge in [0.2, 0.25) is 0 Å². The van der Waals surface area contributed by atoms with Gasteiger partial charge in [-0.25, -0.2) is 4.39 Å². The summed E-state index contributed by atoms with van der Waals surface area (Å²) in [7, 11) is 0. The third-order valence-electron chi connectivity index (χ3n) is 1.65. The van der Waals surface area contributed by atoms with Crippen molar-refractivity contribution in [2.45, 2.75) is 6.42 Å². The van der Waals surface area contributed by atoms with E-state index in [1.165, 1.54) is 6.07 Å². The largest absolute Gasteiger partial charge is 0.320 e. The molecule has 70 valence electrons. The van der Waals surface area contributed by atoms with Crippen LogP contribution in [0.3, 0.4) is 0 Å². The van der Waals surface area contributed by atoms with Crippen LogP contribution in [0.25, 0.3) is 0 Å². The average molecular weight is 188 g/mol. The summed E-state index contributed by atoms with van der Waals surface area (Å²) < 4.78 is 13.1. The minimum atomic E-state index is -0.371. The number of nitriles is 1. The third kappa shape index (κ3) is 2.58. The third-order valence-corrected chi connectivity index (χ3v) is 1.65. The molecule has 0 aliphatic rings. The van der Waals surface area contributed by atoms with Crippen LogP contribution in [-0.2, 0) is 6.42 Å².